The number of nitrogens with one attached hydrogen (secondary N) is 1. The van der Waals surface area contributed by atoms with Crippen LogP contribution >= 0.6 is 22.9 Å². The molecule has 1 aliphatic heterocycles. The van der Waals surface area contributed by atoms with Crippen molar-refractivity contribution in [3.63, 3.8) is 0 Å². The maximum absolute atomic E-state index is 13.3. The number of allylic oxidation sites excluding steroid dienone is 3. The first-order chi connectivity index (χ1) is 20.0. The fourth-order valence-corrected chi connectivity index (χ4v) is 6.50. The predicted molar refractivity (Wildman–Crippen MR) is 165 cm³/mol. The molecule has 0 amide bonds. The second kappa shape index (κ2) is 11.4. The standard InChI is InChI=1S/C31H29ClF3N5OS/c1-18(40(3)17-37-2)30(36,21-10-12-27(38-16-21)31(33,34)35)20-9-11-25-23(14-20)28(32)24(29(39-25)41-4)15-22-13-19-7-5-6-8-26(19)42-22/h5-14,17,38H,1,15-16,36H2,2-4H3. The molecule has 0 aliphatic carbocycles. The van der Waals surface area contributed by atoms with Crippen LogP contribution in [0.2, 0.25) is 5.02 Å². The maximum atomic E-state index is 13.3. The number of methoxy groups -OCH3 is 1. The number of pyridine rings is 1. The number of nitrogens with zero attached hydrogens (tertiary/aromatic N) is 3. The van der Waals surface area contributed by atoms with Crippen LogP contribution in [0.25, 0.3) is 21.0 Å². The largest absolute Gasteiger partial charge is 0.481 e. The zero-order chi connectivity index (χ0) is 30.2. The fraction of sp³-hybridized carbons (Fsp3) is 0.226. The molecule has 11 heteroatoms. The van der Waals surface area contributed by atoms with Crippen LogP contribution in [0, 0.1) is 0 Å². The third-order valence-corrected chi connectivity index (χ3v) is 8.90. The van der Waals surface area contributed by atoms with Crippen molar-refractivity contribution < 1.29 is 17.9 Å². The van der Waals surface area contributed by atoms with Crippen LogP contribution in [-0.2, 0) is 12.0 Å². The summed E-state index contributed by atoms with van der Waals surface area (Å²) in [5.74, 6) is 0.420. The van der Waals surface area contributed by atoms with Crippen molar-refractivity contribution in [1.29, 1.82) is 0 Å². The molecular formula is C31H29ClF3N5OS. The normalized spacial score (nSPS) is 15.3. The van der Waals surface area contributed by atoms with Gasteiger partial charge in [-0.15, -0.1) is 11.3 Å². The molecule has 3 heterocycles. The molecule has 0 radical (unpaired) electrons. The van der Waals surface area contributed by atoms with E-state index in [2.05, 4.69) is 35.1 Å². The van der Waals surface area contributed by atoms with E-state index in [4.69, 9.17) is 27.1 Å². The number of nitrogens with two attached hydrogens (primary N) is 1. The van der Waals surface area contributed by atoms with E-state index in [1.54, 1.807) is 55.9 Å². The Morgan fingerprint density at radius 2 is 2.00 bits per heavy atom. The van der Waals surface area contributed by atoms with Gasteiger partial charge < -0.3 is 20.7 Å². The third-order valence-electron chi connectivity index (χ3n) is 7.36. The molecule has 2 aromatic heterocycles. The molecule has 42 heavy (non-hydrogen) atoms. The number of benzene rings is 2. The molecule has 1 unspecified atom stereocenters. The number of aliphatic imine (C=N–C) groups is 1. The summed E-state index contributed by atoms with van der Waals surface area (Å²) in [6.45, 7) is 4.08. The molecular weight excluding hydrogens is 583 g/mol. The second-order valence-corrected chi connectivity index (χ2v) is 11.5. The molecule has 4 aromatic rings. The number of likely N-dealkylation sites (N-methyl/N-ethyl adjacent to an activating group) is 1. The monoisotopic (exact) mass is 611 g/mol. The highest BCUT2D eigenvalue weighted by Crippen LogP contribution is 2.41. The lowest BCUT2D eigenvalue weighted by atomic mass is 9.78. The van der Waals surface area contributed by atoms with Gasteiger partial charge in [-0.25, -0.2) is 4.98 Å². The van der Waals surface area contributed by atoms with Crippen LogP contribution in [0.15, 0.2) is 89.2 Å². The molecule has 1 atom stereocenters. The number of ether oxygens (including phenoxy) is 1. The van der Waals surface area contributed by atoms with Gasteiger partial charge in [0.15, 0.2) is 0 Å². The van der Waals surface area contributed by atoms with Crippen molar-refractivity contribution in [2.24, 2.45) is 10.7 Å². The summed E-state index contributed by atoms with van der Waals surface area (Å²) in [7, 11) is 4.89. The summed E-state index contributed by atoms with van der Waals surface area (Å²) >= 11 is 8.75. The zero-order valence-electron chi connectivity index (χ0n) is 23.2. The van der Waals surface area contributed by atoms with Gasteiger partial charge in [-0.3, -0.25) is 4.99 Å². The summed E-state index contributed by atoms with van der Waals surface area (Å²) in [6, 6.07) is 15.6. The zero-order valence-corrected chi connectivity index (χ0v) is 24.8. The number of aromatic nitrogens is 1. The van der Waals surface area contributed by atoms with Crippen molar-refractivity contribution in [3.05, 3.63) is 105 Å². The van der Waals surface area contributed by atoms with E-state index in [-0.39, 0.29) is 6.54 Å². The summed E-state index contributed by atoms with van der Waals surface area (Å²) in [5, 5.41) is 4.70. The molecule has 0 spiro atoms. The Bertz CT molecular complexity index is 1740. The van der Waals surface area contributed by atoms with Crippen molar-refractivity contribution in [1.82, 2.24) is 15.2 Å². The molecule has 218 valence electrons. The van der Waals surface area contributed by atoms with E-state index < -0.39 is 17.4 Å². The fourth-order valence-electron chi connectivity index (χ4n) is 5.12. The Labute approximate surface area is 250 Å². The first kappa shape index (κ1) is 29.6. The van der Waals surface area contributed by atoms with Crippen LogP contribution in [0.1, 0.15) is 16.0 Å². The number of thiophene rings is 1. The predicted octanol–water partition coefficient (Wildman–Crippen LogP) is 6.94. The number of alkyl halides is 3. The van der Waals surface area contributed by atoms with Crippen molar-refractivity contribution >= 4 is 50.3 Å². The molecule has 2 aromatic carbocycles. The second-order valence-electron chi connectivity index (χ2n) is 9.94. The molecule has 5 rings (SSSR count). The SMILES string of the molecule is C=C(N(C)C=NC)C(N)(C1=CC=C(C(F)(F)F)NC1)c1ccc2nc(OC)c(Cc3cc4ccccc4s3)c(Cl)c2c1. The Balaban J connectivity index is 1.65. The van der Waals surface area contributed by atoms with Gasteiger partial charge in [-0.05, 0) is 46.9 Å². The van der Waals surface area contributed by atoms with Gasteiger partial charge in [-0.1, -0.05) is 48.5 Å². The van der Waals surface area contributed by atoms with Gasteiger partial charge in [0.2, 0.25) is 5.88 Å². The number of dihydropyridines is 1. The van der Waals surface area contributed by atoms with E-state index in [9.17, 15) is 13.2 Å². The van der Waals surface area contributed by atoms with E-state index in [1.807, 2.05) is 18.2 Å². The lowest BCUT2D eigenvalue weighted by molar-refractivity contribution is -0.0967. The molecule has 3 N–H and O–H groups in total. The first-order valence-corrected chi connectivity index (χ1v) is 14.2. The summed E-state index contributed by atoms with van der Waals surface area (Å²) in [4.78, 5) is 11.5. The van der Waals surface area contributed by atoms with Gasteiger partial charge in [0.25, 0.3) is 0 Å². The molecule has 0 saturated heterocycles. The molecule has 6 nitrogen and oxygen atoms in total. The van der Waals surface area contributed by atoms with Gasteiger partial charge in [0.1, 0.15) is 11.2 Å². The number of halogens is 4. The number of fused-ring (bicyclic) bond motifs is 2. The average molecular weight is 612 g/mol. The van der Waals surface area contributed by atoms with Crippen molar-refractivity contribution in [2.45, 2.75) is 18.1 Å². The number of hydrogen-bond donors (Lipinski definition) is 2. The summed E-state index contributed by atoms with van der Waals surface area (Å²) in [6.07, 6.45) is -0.0718. The minimum Gasteiger partial charge on any atom is -0.481 e. The minimum absolute atomic E-state index is 0.137. The van der Waals surface area contributed by atoms with E-state index >= 15 is 0 Å². The minimum atomic E-state index is -4.51. The summed E-state index contributed by atoms with van der Waals surface area (Å²) in [5.41, 5.74) is 7.66. The number of rotatable bonds is 8. The number of hydrogen-bond acceptors (Lipinski definition) is 6. The van der Waals surface area contributed by atoms with E-state index in [0.29, 0.717) is 45.1 Å². The van der Waals surface area contributed by atoms with Gasteiger partial charge in [0.05, 0.1) is 24.0 Å². The van der Waals surface area contributed by atoms with Crippen LogP contribution in [-0.4, -0.2) is 50.1 Å². The Kier molecular flexibility index (Phi) is 8.06. The highest BCUT2D eigenvalue weighted by atomic mass is 35.5. The van der Waals surface area contributed by atoms with Crippen LogP contribution in [0.3, 0.4) is 0 Å². The van der Waals surface area contributed by atoms with Crippen LogP contribution < -0.4 is 15.8 Å². The first-order valence-electron chi connectivity index (χ1n) is 13.0. The average Bonchev–Trinajstić information content (AvgIpc) is 3.40. The highest BCUT2D eigenvalue weighted by Gasteiger charge is 2.41. The lowest BCUT2D eigenvalue weighted by Crippen LogP contribution is -2.48. The Morgan fingerprint density at radius 3 is 2.64 bits per heavy atom. The van der Waals surface area contributed by atoms with Crippen LogP contribution in [0.5, 0.6) is 5.88 Å². The van der Waals surface area contributed by atoms with Crippen LogP contribution in [0.4, 0.5) is 13.2 Å². The molecule has 0 fully saturated rings. The van der Waals surface area contributed by atoms with Crippen molar-refractivity contribution in [2.75, 3.05) is 27.7 Å². The third kappa shape index (κ3) is 5.37. The molecule has 0 saturated carbocycles. The quantitative estimate of drug-likeness (QED) is 0.167. The Morgan fingerprint density at radius 1 is 1.24 bits per heavy atom. The lowest BCUT2D eigenvalue weighted by Gasteiger charge is -2.39. The molecule has 1 aliphatic rings. The topological polar surface area (TPSA) is 75.8 Å². The van der Waals surface area contributed by atoms with E-state index in [0.717, 1.165) is 21.9 Å². The highest BCUT2D eigenvalue weighted by molar-refractivity contribution is 7.19. The van der Waals surface area contributed by atoms with Gasteiger partial charge >= 0.3 is 6.18 Å². The maximum Gasteiger partial charge on any atom is 0.430 e. The Hall–Kier alpha value is -3.86. The summed E-state index contributed by atoms with van der Waals surface area (Å²) < 4.78 is 46.8. The van der Waals surface area contributed by atoms with Gasteiger partial charge in [-0.2, -0.15) is 13.2 Å². The smallest absolute Gasteiger partial charge is 0.430 e. The van der Waals surface area contributed by atoms with E-state index in [1.165, 1.54) is 10.8 Å². The molecule has 0 bridgehead atoms. The van der Waals surface area contributed by atoms with Gasteiger partial charge in [0, 0.05) is 53.3 Å². The van der Waals surface area contributed by atoms with Crippen molar-refractivity contribution in [3.8, 4) is 5.88 Å².